The number of aliphatic imine (C=N–C) groups is 1. The van der Waals surface area contributed by atoms with Gasteiger partial charge in [-0.2, -0.15) is 0 Å². The standard InChI is InChI=1S/C20H38N8O2/c1-18-24-25-19(26(18)2)17-23-20(21-5-3-7-27-9-13-29-14-10-27)22-6-4-8-28-11-15-30-16-12-28/h3-17H2,1-2H3,(H2,21,22,23). The van der Waals surface area contributed by atoms with E-state index in [-0.39, 0.29) is 0 Å². The van der Waals surface area contributed by atoms with Gasteiger partial charge in [-0.1, -0.05) is 0 Å². The number of ether oxygens (including phenoxy) is 2. The minimum absolute atomic E-state index is 0.513. The van der Waals surface area contributed by atoms with Gasteiger partial charge in [0, 0.05) is 46.3 Å². The lowest BCUT2D eigenvalue weighted by Gasteiger charge is -2.27. The quantitative estimate of drug-likeness (QED) is 0.299. The van der Waals surface area contributed by atoms with Gasteiger partial charge in [0.1, 0.15) is 12.4 Å². The van der Waals surface area contributed by atoms with E-state index in [1.54, 1.807) is 0 Å². The summed E-state index contributed by atoms with van der Waals surface area (Å²) in [6, 6.07) is 0. The van der Waals surface area contributed by atoms with E-state index in [1.807, 2.05) is 18.5 Å². The SMILES string of the molecule is Cc1nnc(CN=C(NCCCN2CCOCC2)NCCCN2CCOCC2)n1C. The van der Waals surface area contributed by atoms with Crippen LogP contribution >= 0.6 is 0 Å². The van der Waals surface area contributed by atoms with Gasteiger partial charge in [0.15, 0.2) is 11.8 Å². The first-order valence-corrected chi connectivity index (χ1v) is 11.2. The van der Waals surface area contributed by atoms with Crippen LogP contribution in [0.1, 0.15) is 24.5 Å². The Hall–Kier alpha value is -1.75. The molecule has 0 spiro atoms. The molecule has 1 aromatic rings. The van der Waals surface area contributed by atoms with Gasteiger partial charge in [-0.05, 0) is 32.9 Å². The molecule has 0 unspecified atom stereocenters. The first-order valence-electron chi connectivity index (χ1n) is 11.2. The topological polar surface area (TPSA) is 92.1 Å². The molecule has 2 N–H and O–H groups in total. The lowest BCUT2D eigenvalue weighted by molar-refractivity contribution is 0.0375. The van der Waals surface area contributed by atoms with Crippen molar-refractivity contribution in [1.29, 1.82) is 0 Å². The normalized spacial score (nSPS) is 18.3. The van der Waals surface area contributed by atoms with Crippen LogP contribution in [0.4, 0.5) is 0 Å². The van der Waals surface area contributed by atoms with Crippen LogP contribution in [0.15, 0.2) is 4.99 Å². The zero-order valence-corrected chi connectivity index (χ0v) is 18.6. The van der Waals surface area contributed by atoms with Crippen molar-refractivity contribution in [3.05, 3.63) is 11.6 Å². The number of hydrogen-bond acceptors (Lipinski definition) is 7. The molecule has 10 nitrogen and oxygen atoms in total. The van der Waals surface area contributed by atoms with Crippen LogP contribution in [0.25, 0.3) is 0 Å². The lowest BCUT2D eigenvalue weighted by Crippen LogP contribution is -2.42. The van der Waals surface area contributed by atoms with Gasteiger partial charge < -0.3 is 24.7 Å². The average Bonchev–Trinajstić information content (AvgIpc) is 3.11. The Morgan fingerprint density at radius 3 is 1.90 bits per heavy atom. The van der Waals surface area contributed by atoms with Gasteiger partial charge in [-0.3, -0.25) is 9.80 Å². The van der Waals surface area contributed by atoms with E-state index < -0.39 is 0 Å². The van der Waals surface area contributed by atoms with Crippen LogP contribution < -0.4 is 10.6 Å². The molecular weight excluding hydrogens is 384 g/mol. The number of nitrogens with one attached hydrogen (secondary N) is 2. The van der Waals surface area contributed by atoms with E-state index in [0.717, 1.165) is 109 Å². The summed E-state index contributed by atoms with van der Waals surface area (Å²) in [6.45, 7) is 14.0. The Morgan fingerprint density at radius 2 is 1.43 bits per heavy atom. The molecule has 2 fully saturated rings. The van der Waals surface area contributed by atoms with Crippen LogP contribution in [-0.2, 0) is 23.1 Å². The fourth-order valence-corrected chi connectivity index (χ4v) is 3.58. The fraction of sp³-hybridized carbons (Fsp3) is 0.850. The molecule has 0 aliphatic carbocycles. The van der Waals surface area contributed by atoms with Crippen molar-refractivity contribution in [3.8, 4) is 0 Å². The first-order chi connectivity index (χ1) is 14.7. The third-order valence-electron chi connectivity index (χ3n) is 5.66. The number of guanidine groups is 1. The Balaban J connectivity index is 1.42. The van der Waals surface area contributed by atoms with E-state index in [9.17, 15) is 0 Å². The molecule has 3 rings (SSSR count). The van der Waals surface area contributed by atoms with Crippen LogP contribution in [0.3, 0.4) is 0 Å². The molecule has 1 aromatic heterocycles. The summed E-state index contributed by atoms with van der Waals surface area (Å²) >= 11 is 0. The Bertz CT molecular complexity index is 611. The maximum Gasteiger partial charge on any atom is 0.191 e. The minimum atomic E-state index is 0.513. The van der Waals surface area contributed by atoms with E-state index >= 15 is 0 Å². The summed E-state index contributed by atoms with van der Waals surface area (Å²) in [5.74, 6) is 2.62. The molecule has 3 heterocycles. The van der Waals surface area contributed by atoms with Gasteiger partial charge >= 0.3 is 0 Å². The van der Waals surface area contributed by atoms with Crippen molar-refractivity contribution in [2.75, 3.05) is 78.8 Å². The molecule has 2 aliphatic rings. The Morgan fingerprint density at radius 1 is 0.900 bits per heavy atom. The molecule has 2 aliphatic heterocycles. The number of aryl methyl sites for hydroxylation is 1. The van der Waals surface area contributed by atoms with Crippen LogP contribution in [0.2, 0.25) is 0 Å². The maximum absolute atomic E-state index is 5.42. The van der Waals surface area contributed by atoms with Crippen molar-refractivity contribution in [1.82, 2.24) is 35.2 Å². The van der Waals surface area contributed by atoms with Crippen LogP contribution in [0, 0.1) is 6.92 Å². The van der Waals surface area contributed by atoms with Gasteiger partial charge in [0.05, 0.1) is 26.4 Å². The number of morpholine rings is 2. The predicted octanol–water partition coefficient (Wildman–Crippen LogP) is -0.397. The molecule has 0 atom stereocenters. The lowest BCUT2D eigenvalue weighted by atomic mass is 10.3. The largest absolute Gasteiger partial charge is 0.379 e. The van der Waals surface area contributed by atoms with Crippen molar-refractivity contribution in [2.24, 2.45) is 12.0 Å². The van der Waals surface area contributed by atoms with Gasteiger partial charge in [0.2, 0.25) is 0 Å². The van der Waals surface area contributed by atoms with Crippen molar-refractivity contribution in [2.45, 2.75) is 26.3 Å². The van der Waals surface area contributed by atoms with Crippen molar-refractivity contribution in [3.63, 3.8) is 0 Å². The molecule has 0 saturated carbocycles. The third kappa shape index (κ3) is 7.82. The third-order valence-corrected chi connectivity index (χ3v) is 5.66. The van der Waals surface area contributed by atoms with Crippen LogP contribution in [0.5, 0.6) is 0 Å². The Kier molecular flexibility index (Phi) is 9.81. The number of rotatable bonds is 10. The van der Waals surface area contributed by atoms with Gasteiger partial charge in [-0.15, -0.1) is 10.2 Å². The molecule has 170 valence electrons. The monoisotopic (exact) mass is 422 g/mol. The molecule has 30 heavy (non-hydrogen) atoms. The number of aromatic nitrogens is 3. The molecule has 0 bridgehead atoms. The molecule has 0 aromatic carbocycles. The zero-order chi connectivity index (χ0) is 21.0. The molecule has 10 heteroatoms. The summed E-state index contributed by atoms with van der Waals surface area (Å²) < 4.78 is 12.8. The van der Waals surface area contributed by atoms with Crippen molar-refractivity contribution < 1.29 is 9.47 Å². The van der Waals surface area contributed by atoms with E-state index in [2.05, 4.69) is 30.6 Å². The second kappa shape index (κ2) is 12.8. The summed E-state index contributed by atoms with van der Waals surface area (Å²) in [7, 11) is 1.98. The molecule has 2 saturated heterocycles. The highest BCUT2D eigenvalue weighted by atomic mass is 16.5. The second-order valence-electron chi connectivity index (χ2n) is 7.86. The minimum Gasteiger partial charge on any atom is -0.379 e. The smallest absolute Gasteiger partial charge is 0.191 e. The highest BCUT2D eigenvalue weighted by Crippen LogP contribution is 2.00. The average molecular weight is 423 g/mol. The highest BCUT2D eigenvalue weighted by Gasteiger charge is 2.11. The number of nitrogens with zero attached hydrogens (tertiary/aromatic N) is 6. The molecule has 0 radical (unpaired) electrons. The summed E-state index contributed by atoms with van der Waals surface area (Å²) in [4.78, 5) is 9.66. The van der Waals surface area contributed by atoms with Crippen molar-refractivity contribution >= 4 is 5.96 Å². The molecular formula is C20H38N8O2. The highest BCUT2D eigenvalue weighted by molar-refractivity contribution is 5.79. The maximum atomic E-state index is 5.42. The second-order valence-corrected chi connectivity index (χ2v) is 7.86. The first kappa shape index (κ1) is 22.9. The van der Waals surface area contributed by atoms with Gasteiger partial charge in [0.25, 0.3) is 0 Å². The fourth-order valence-electron chi connectivity index (χ4n) is 3.58. The summed E-state index contributed by atoms with van der Waals surface area (Å²) in [5.41, 5.74) is 0. The van der Waals surface area contributed by atoms with E-state index in [4.69, 9.17) is 14.5 Å². The molecule has 0 amide bonds. The summed E-state index contributed by atoms with van der Waals surface area (Å²) in [6.07, 6.45) is 2.16. The predicted molar refractivity (Wildman–Crippen MR) is 117 cm³/mol. The Labute approximate surface area is 180 Å². The van der Waals surface area contributed by atoms with E-state index in [1.165, 1.54) is 0 Å². The van der Waals surface area contributed by atoms with Crippen LogP contribution in [-0.4, -0.2) is 109 Å². The zero-order valence-electron chi connectivity index (χ0n) is 18.6. The summed E-state index contributed by atoms with van der Waals surface area (Å²) in [5, 5.41) is 15.3. The van der Waals surface area contributed by atoms with E-state index in [0.29, 0.717) is 6.54 Å². The van der Waals surface area contributed by atoms with Gasteiger partial charge in [-0.25, -0.2) is 4.99 Å². The number of hydrogen-bond donors (Lipinski definition) is 2.